The first-order valence-corrected chi connectivity index (χ1v) is 13.2. The Hall–Kier alpha value is -4.04. The van der Waals surface area contributed by atoms with Crippen molar-refractivity contribution in [1.82, 2.24) is 4.98 Å². The van der Waals surface area contributed by atoms with Crippen LogP contribution >= 0.6 is 11.3 Å². The van der Waals surface area contributed by atoms with E-state index in [4.69, 9.17) is 9.15 Å². The predicted molar refractivity (Wildman–Crippen MR) is 148 cm³/mol. The number of hydrogen-bond acceptors (Lipinski definition) is 7. The molecule has 0 bridgehead atoms. The molecule has 0 aliphatic carbocycles. The maximum absolute atomic E-state index is 13.9. The average molecular weight is 529 g/mol. The van der Waals surface area contributed by atoms with Gasteiger partial charge in [0.05, 0.1) is 22.7 Å². The Bertz CT molecular complexity index is 1660. The molecule has 8 heteroatoms. The summed E-state index contributed by atoms with van der Waals surface area (Å²) in [6.07, 6.45) is 1.48. The van der Waals surface area contributed by atoms with Gasteiger partial charge >= 0.3 is 5.97 Å². The van der Waals surface area contributed by atoms with Gasteiger partial charge in [0, 0.05) is 0 Å². The fourth-order valence-electron chi connectivity index (χ4n) is 4.68. The number of thiazole rings is 1. The van der Waals surface area contributed by atoms with Gasteiger partial charge in [0.2, 0.25) is 5.76 Å². The quantitative estimate of drug-likeness (QED) is 0.213. The molecule has 0 N–H and O–H groups in total. The van der Waals surface area contributed by atoms with E-state index in [0.29, 0.717) is 27.7 Å². The number of fused-ring (bicyclic) bond motifs is 2. The fourth-order valence-corrected chi connectivity index (χ4v) is 5.67. The first-order valence-electron chi connectivity index (χ1n) is 12.4. The third kappa shape index (κ3) is 4.15. The molecule has 1 unspecified atom stereocenters. The van der Waals surface area contributed by atoms with Crippen LogP contribution in [0.15, 0.2) is 58.3 Å². The highest BCUT2D eigenvalue weighted by atomic mass is 32.1. The molecule has 7 nitrogen and oxygen atoms in total. The Labute approximate surface area is 224 Å². The molecule has 1 aliphatic rings. The van der Waals surface area contributed by atoms with Gasteiger partial charge in [-0.05, 0) is 61.1 Å². The van der Waals surface area contributed by atoms with Gasteiger partial charge in [-0.15, -0.1) is 0 Å². The molecule has 1 atom stereocenters. The summed E-state index contributed by atoms with van der Waals surface area (Å²) in [4.78, 5) is 46.7. The van der Waals surface area contributed by atoms with E-state index in [2.05, 4.69) is 25.4 Å². The van der Waals surface area contributed by atoms with Crippen molar-refractivity contribution < 1.29 is 18.7 Å². The van der Waals surface area contributed by atoms with Crippen LogP contribution in [0.4, 0.5) is 5.13 Å². The molecule has 1 amide bonds. The third-order valence-electron chi connectivity index (χ3n) is 6.91. The second-order valence-corrected chi connectivity index (χ2v) is 10.8. The first-order chi connectivity index (χ1) is 18.1. The normalized spacial score (nSPS) is 14.8. The molecule has 5 rings (SSSR count). The van der Waals surface area contributed by atoms with E-state index in [1.165, 1.54) is 11.0 Å². The first kappa shape index (κ1) is 25.6. The van der Waals surface area contributed by atoms with E-state index in [-0.39, 0.29) is 28.2 Å². The largest absolute Gasteiger partial charge is 0.457 e. The number of esters is 1. The molecule has 0 saturated heterocycles. The smallest absolute Gasteiger partial charge is 0.350 e. The SMILES string of the molecule is C=CCOC(=O)c1sc(N2C(=O)c3oc4cc(C)c(C)cc4c(=O)c3C2c2ccc(C(C)C)cc2)nc1C. The molecule has 2 aromatic heterocycles. The minimum absolute atomic E-state index is 0.00711. The number of aryl methyl sites for hydroxylation is 3. The highest BCUT2D eigenvalue weighted by Gasteiger charge is 2.45. The minimum atomic E-state index is -0.761. The lowest BCUT2D eigenvalue weighted by molar-refractivity contribution is 0.0554. The molecule has 38 heavy (non-hydrogen) atoms. The van der Waals surface area contributed by atoms with Crippen molar-refractivity contribution in [3.63, 3.8) is 0 Å². The highest BCUT2D eigenvalue weighted by Crippen LogP contribution is 2.43. The maximum Gasteiger partial charge on any atom is 0.350 e. The van der Waals surface area contributed by atoms with Crippen LogP contribution in [-0.2, 0) is 4.74 Å². The molecule has 194 valence electrons. The average Bonchev–Trinajstić information content (AvgIpc) is 3.41. The van der Waals surface area contributed by atoms with Crippen LogP contribution in [0, 0.1) is 20.8 Å². The Balaban J connectivity index is 1.72. The van der Waals surface area contributed by atoms with Crippen molar-refractivity contribution in [2.24, 2.45) is 0 Å². The van der Waals surface area contributed by atoms with Crippen LogP contribution in [0.3, 0.4) is 0 Å². The predicted octanol–water partition coefficient (Wildman–Crippen LogP) is 6.39. The van der Waals surface area contributed by atoms with Crippen molar-refractivity contribution in [3.05, 3.63) is 103 Å². The lowest BCUT2D eigenvalue weighted by Gasteiger charge is -2.23. The van der Waals surface area contributed by atoms with E-state index in [1.807, 2.05) is 44.2 Å². The Kier molecular flexibility index (Phi) is 6.53. The van der Waals surface area contributed by atoms with Crippen LogP contribution < -0.4 is 10.3 Å². The van der Waals surface area contributed by atoms with Crippen molar-refractivity contribution in [3.8, 4) is 0 Å². The number of amides is 1. The number of carbonyl (C=O) groups is 2. The van der Waals surface area contributed by atoms with Crippen LogP contribution in [0.25, 0.3) is 11.0 Å². The van der Waals surface area contributed by atoms with Gasteiger partial charge in [-0.2, -0.15) is 0 Å². The number of hydrogen-bond donors (Lipinski definition) is 0. The molecule has 1 aliphatic heterocycles. The fraction of sp³-hybridized carbons (Fsp3) is 0.267. The summed E-state index contributed by atoms with van der Waals surface area (Å²) in [6, 6.07) is 10.7. The van der Waals surface area contributed by atoms with E-state index >= 15 is 0 Å². The molecule has 0 fully saturated rings. The van der Waals surface area contributed by atoms with Crippen LogP contribution in [0.1, 0.15) is 79.5 Å². The number of nitrogens with zero attached hydrogens (tertiary/aromatic N) is 2. The van der Waals surface area contributed by atoms with Crippen molar-refractivity contribution >= 4 is 39.3 Å². The molecule has 0 saturated carbocycles. The van der Waals surface area contributed by atoms with Crippen LogP contribution in [-0.4, -0.2) is 23.5 Å². The van der Waals surface area contributed by atoms with Crippen molar-refractivity contribution in [2.45, 2.75) is 46.6 Å². The lowest BCUT2D eigenvalue weighted by atomic mass is 9.95. The van der Waals surface area contributed by atoms with E-state index < -0.39 is 17.9 Å². The van der Waals surface area contributed by atoms with Crippen LogP contribution in [0.5, 0.6) is 0 Å². The summed E-state index contributed by atoms with van der Waals surface area (Å²) < 4.78 is 11.3. The number of rotatable bonds is 6. The van der Waals surface area contributed by atoms with E-state index in [1.54, 1.807) is 13.0 Å². The minimum Gasteiger partial charge on any atom is -0.457 e. The molecule has 3 heterocycles. The Morgan fingerprint density at radius 1 is 1.16 bits per heavy atom. The number of carbonyl (C=O) groups excluding carboxylic acids is 2. The lowest BCUT2D eigenvalue weighted by Crippen LogP contribution is -2.29. The Morgan fingerprint density at radius 3 is 2.50 bits per heavy atom. The summed E-state index contributed by atoms with van der Waals surface area (Å²) in [7, 11) is 0. The third-order valence-corrected chi connectivity index (χ3v) is 8.05. The van der Waals surface area contributed by atoms with Crippen molar-refractivity contribution in [2.75, 3.05) is 11.5 Å². The second kappa shape index (κ2) is 9.68. The molecule has 0 spiro atoms. The molecule has 2 aromatic carbocycles. The number of ether oxygens (including phenoxy) is 1. The zero-order valence-corrected chi connectivity index (χ0v) is 22.8. The number of benzene rings is 2. The standard InChI is InChI=1S/C30H28N2O5S/c1-7-12-36-29(35)27-18(6)31-30(38-27)32-24(20-10-8-19(9-11-20)15(2)3)23-25(33)21-13-16(4)17(5)14-22(21)37-26(23)28(32)34/h7-11,13-15,24H,1,12H2,2-6H3. The topological polar surface area (TPSA) is 89.7 Å². The van der Waals surface area contributed by atoms with E-state index in [9.17, 15) is 14.4 Å². The summed E-state index contributed by atoms with van der Waals surface area (Å²) >= 11 is 1.05. The maximum atomic E-state index is 13.9. The highest BCUT2D eigenvalue weighted by molar-refractivity contribution is 7.17. The Morgan fingerprint density at radius 2 is 1.84 bits per heavy atom. The molecular weight excluding hydrogens is 500 g/mol. The molecule has 4 aromatic rings. The van der Waals surface area contributed by atoms with Gasteiger partial charge < -0.3 is 9.15 Å². The number of aromatic nitrogens is 1. The monoisotopic (exact) mass is 528 g/mol. The number of anilines is 1. The zero-order valence-electron chi connectivity index (χ0n) is 22.0. The summed E-state index contributed by atoms with van der Waals surface area (Å²) in [5.74, 6) is -0.704. The van der Waals surface area contributed by atoms with Crippen molar-refractivity contribution in [1.29, 1.82) is 0 Å². The summed E-state index contributed by atoms with van der Waals surface area (Å²) in [6.45, 7) is 13.4. The van der Waals surface area contributed by atoms with Gasteiger partial charge in [0.1, 0.15) is 17.1 Å². The van der Waals surface area contributed by atoms with Gasteiger partial charge in [-0.1, -0.05) is 62.1 Å². The molecular formula is C30H28N2O5S. The zero-order chi connectivity index (χ0) is 27.3. The van der Waals surface area contributed by atoms with Gasteiger partial charge in [-0.25, -0.2) is 9.78 Å². The summed E-state index contributed by atoms with van der Waals surface area (Å²) in [5, 5.41) is 0.715. The second-order valence-electron chi connectivity index (χ2n) is 9.80. The van der Waals surface area contributed by atoms with Gasteiger partial charge in [-0.3, -0.25) is 14.5 Å². The summed E-state index contributed by atoms with van der Waals surface area (Å²) in [5.41, 5.74) is 4.63. The van der Waals surface area contributed by atoms with Gasteiger partial charge in [0.15, 0.2) is 10.6 Å². The van der Waals surface area contributed by atoms with Gasteiger partial charge in [0.25, 0.3) is 5.91 Å². The van der Waals surface area contributed by atoms with E-state index in [0.717, 1.165) is 33.6 Å². The van der Waals surface area contributed by atoms with Crippen LogP contribution in [0.2, 0.25) is 0 Å². The molecule has 0 radical (unpaired) electrons.